The number of hydrogen-bond acceptors (Lipinski definition) is 4. The zero-order chi connectivity index (χ0) is 12.8. The molecular formula is C13H22N2OS. The van der Waals surface area contributed by atoms with Crippen molar-refractivity contribution in [3.05, 3.63) is 18.2 Å². The van der Waals surface area contributed by atoms with Crippen LogP contribution < -0.4 is 15.8 Å². The van der Waals surface area contributed by atoms with E-state index in [0.29, 0.717) is 11.7 Å². The van der Waals surface area contributed by atoms with Gasteiger partial charge in [0, 0.05) is 11.8 Å². The molecule has 0 aliphatic carbocycles. The first-order valence-corrected chi connectivity index (χ1v) is 7.24. The lowest BCUT2D eigenvalue weighted by atomic mass is 10.2. The molecule has 3 nitrogen and oxygen atoms in total. The second-order valence-electron chi connectivity index (χ2n) is 4.38. The van der Waals surface area contributed by atoms with Gasteiger partial charge in [-0.05, 0) is 39.2 Å². The first kappa shape index (κ1) is 14.0. The number of nitrogen functional groups attached to an aromatic ring is 1. The van der Waals surface area contributed by atoms with Crippen LogP contribution in [0.3, 0.4) is 0 Å². The summed E-state index contributed by atoms with van der Waals surface area (Å²) >= 11 is 1.82. The van der Waals surface area contributed by atoms with Crippen LogP contribution in [-0.2, 0) is 0 Å². The first-order valence-electron chi connectivity index (χ1n) is 5.85. The van der Waals surface area contributed by atoms with E-state index in [1.54, 1.807) is 0 Å². The van der Waals surface area contributed by atoms with Gasteiger partial charge in [-0.15, -0.1) is 0 Å². The van der Waals surface area contributed by atoms with Crippen LogP contribution in [0.5, 0.6) is 5.75 Å². The van der Waals surface area contributed by atoms with E-state index in [4.69, 9.17) is 10.5 Å². The first-order chi connectivity index (χ1) is 8.04. The molecule has 0 aromatic heterocycles. The van der Waals surface area contributed by atoms with Gasteiger partial charge in [0.25, 0.3) is 0 Å². The lowest BCUT2D eigenvalue weighted by Gasteiger charge is -2.18. The predicted octanol–water partition coefficient (Wildman–Crippen LogP) is 3.22. The Kier molecular flexibility index (Phi) is 5.48. The van der Waals surface area contributed by atoms with Crippen molar-refractivity contribution in [3.8, 4) is 5.75 Å². The highest BCUT2D eigenvalue weighted by molar-refractivity contribution is 7.98. The number of rotatable bonds is 6. The lowest BCUT2D eigenvalue weighted by molar-refractivity contribution is 0.244. The smallest absolute Gasteiger partial charge is 0.144 e. The summed E-state index contributed by atoms with van der Waals surface area (Å²) in [4.78, 5) is 0. The maximum Gasteiger partial charge on any atom is 0.144 e. The fourth-order valence-electron chi connectivity index (χ4n) is 1.58. The van der Waals surface area contributed by atoms with Gasteiger partial charge in [0.05, 0.1) is 17.5 Å². The average Bonchev–Trinajstić information content (AvgIpc) is 2.23. The van der Waals surface area contributed by atoms with Crippen molar-refractivity contribution in [2.75, 3.05) is 23.1 Å². The summed E-state index contributed by atoms with van der Waals surface area (Å²) < 4.78 is 5.66. The van der Waals surface area contributed by atoms with E-state index in [0.717, 1.165) is 17.2 Å². The number of anilines is 2. The molecule has 1 aromatic carbocycles. The van der Waals surface area contributed by atoms with Gasteiger partial charge in [-0.2, -0.15) is 11.8 Å². The molecule has 1 aromatic rings. The van der Waals surface area contributed by atoms with E-state index >= 15 is 0 Å². The van der Waals surface area contributed by atoms with Crippen molar-refractivity contribution >= 4 is 23.1 Å². The van der Waals surface area contributed by atoms with Gasteiger partial charge < -0.3 is 15.8 Å². The Hall–Kier alpha value is -1.03. The highest BCUT2D eigenvalue weighted by atomic mass is 32.2. The second kappa shape index (κ2) is 6.64. The van der Waals surface area contributed by atoms with E-state index in [1.165, 1.54) is 0 Å². The van der Waals surface area contributed by atoms with Crippen molar-refractivity contribution < 1.29 is 4.74 Å². The summed E-state index contributed by atoms with van der Waals surface area (Å²) in [5, 5.41) is 3.40. The van der Waals surface area contributed by atoms with Crippen molar-refractivity contribution in [1.82, 2.24) is 0 Å². The standard InChI is InChI=1S/C13H22N2OS/c1-9(2)16-12-7-5-6-11(13(12)14)15-10(3)8-17-4/h5-7,9-10,15H,8,14H2,1-4H3. The summed E-state index contributed by atoms with van der Waals surface area (Å²) in [5.74, 6) is 1.80. The van der Waals surface area contributed by atoms with Gasteiger partial charge in [0.2, 0.25) is 0 Å². The van der Waals surface area contributed by atoms with Crippen molar-refractivity contribution in [3.63, 3.8) is 0 Å². The molecule has 0 saturated carbocycles. The highest BCUT2D eigenvalue weighted by Crippen LogP contribution is 2.30. The lowest BCUT2D eigenvalue weighted by Crippen LogP contribution is -2.19. The van der Waals surface area contributed by atoms with Crippen LogP contribution in [-0.4, -0.2) is 24.2 Å². The van der Waals surface area contributed by atoms with Crippen LogP contribution in [0.1, 0.15) is 20.8 Å². The Balaban J connectivity index is 2.79. The summed E-state index contributed by atoms with van der Waals surface area (Å²) in [6, 6.07) is 6.24. The largest absolute Gasteiger partial charge is 0.489 e. The topological polar surface area (TPSA) is 47.3 Å². The summed E-state index contributed by atoms with van der Waals surface area (Å²) in [6.07, 6.45) is 2.23. The maximum absolute atomic E-state index is 6.08. The van der Waals surface area contributed by atoms with Crippen molar-refractivity contribution in [2.24, 2.45) is 0 Å². The highest BCUT2D eigenvalue weighted by Gasteiger charge is 2.09. The molecule has 0 saturated heterocycles. The number of nitrogens with two attached hydrogens (primary N) is 1. The van der Waals surface area contributed by atoms with Gasteiger partial charge in [-0.25, -0.2) is 0 Å². The van der Waals surface area contributed by atoms with Gasteiger partial charge in [-0.3, -0.25) is 0 Å². The van der Waals surface area contributed by atoms with E-state index in [2.05, 4.69) is 18.5 Å². The molecule has 0 heterocycles. The fraction of sp³-hybridized carbons (Fsp3) is 0.538. The number of hydrogen-bond donors (Lipinski definition) is 2. The number of ether oxygens (including phenoxy) is 1. The minimum absolute atomic E-state index is 0.135. The van der Waals surface area contributed by atoms with Crippen molar-refractivity contribution in [2.45, 2.75) is 32.9 Å². The fourth-order valence-corrected chi connectivity index (χ4v) is 2.17. The van der Waals surface area contributed by atoms with Crippen LogP contribution in [0.4, 0.5) is 11.4 Å². The number of para-hydroxylation sites is 1. The molecule has 17 heavy (non-hydrogen) atoms. The molecular weight excluding hydrogens is 232 g/mol. The second-order valence-corrected chi connectivity index (χ2v) is 5.30. The molecule has 0 amide bonds. The van der Waals surface area contributed by atoms with Crippen LogP contribution in [0.25, 0.3) is 0 Å². The number of nitrogens with one attached hydrogen (secondary N) is 1. The van der Waals surface area contributed by atoms with E-state index in [1.807, 2.05) is 43.8 Å². The molecule has 0 aliphatic heterocycles. The van der Waals surface area contributed by atoms with Gasteiger partial charge >= 0.3 is 0 Å². The summed E-state index contributed by atoms with van der Waals surface area (Å²) in [7, 11) is 0. The van der Waals surface area contributed by atoms with Gasteiger partial charge in [0.1, 0.15) is 5.75 Å². The van der Waals surface area contributed by atoms with Crippen LogP contribution in [0.15, 0.2) is 18.2 Å². The number of thioether (sulfide) groups is 1. The van der Waals surface area contributed by atoms with Gasteiger partial charge in [-0.1, -0.05) is 6.07 Å². The molecule has 0 spiro atoms. The SMILES string of the molecule is CSCC(C)Nc1cccc(OC(C)C)c1N. The van der Waals surface area contributed by atoms with Crippen LogP contribution in [0, 0.1) is 0 Å². The molecule has 0 radical (unpaired) electrons. The Morgan fingerprint density at radius 3 is 2.65 bits per heavy atom. The molecule has 0 fully saturated rings. The third kappa shape index (κ3) is 4.38. The molecule has 1 unspecified atom stereocenters. The Morgan fingerprint density at radius 1 is 1.35 bits per heavy atom. The molecule has 0 bridgehead atoms. The summed E-state index contributed by atoms with van der Waals surface area (Å²) in [6.45, 7) is 6.14. The van der Waals surface area contributed by atoms with E-state index in [9.17, 15) is 0 Å². The van der Waals surface area contributed by atoms with E-state index in [-0.39, 0.29) is 6.10 Å². The third-order valence-corrected chi connectivity index (χ3v) is 3.08. The Labute approximate surface area is 108 Å². The minimum Gasteiger partial charge on any atom is -0.489 e. The molecule has 0 aliphatic rings. The normalized spacial score (nSPS) is 12.5. The third-order valence-electron chi connectivity index (χ3n) is 2.25. The van der Waals surface area contributed by atoms with Crippen LogP contribution >= 0.6 is 11.8 Å². The number of benzene rings is 1. The average molecular weight is 254 g/mol. The quantitative estimate of drug-likeness (QED) is 0.765. The van der Waals surface area contributed by atoms with Gasteiger partial charge in [0.15, 0.2) is 0 Å². The summed E-state index contributed by atoms with van der Waals surface area (Å²) in [5.41, 5.74) is 7.72. The zero-order valence-electron chi connectivity index (χ0n) is 11.0. The predicted molar refractivity (Wildman–Crippen MR) is 78.1 cm³/mol. The molecule has 3 N–H and O–H groups in total. The molecule has 96 valence electrons. The zero-order valence-corrected chi connectivity index (χ0v) is 11.8. The minimum atomic E-state index is 0.135. The molecule has 1 atom stereocenters. The molecule has 4 heteroatoms. The molecule has 1 rings (SSSR count). The Bertz CT molecular complexity index is 355. The monoisotopic (exact) mass is 254 g/mol. The van der Waals surface area contributed by atoms with Crippen LogP contribution in [0.2, 0.25) is 0 Å². The van der Waals surface area contributed by atoms with Crippen molar-refractivity contribution in [1.29, 1.82) is 0 Å². The Morgan fingerprint density at radius 2 is 2.06 bits per heavy atom. The maximum atomic E-state index is 6.08. The van der Waals surface area contributed by atoms with E-state index < -0.39 is 0 Å².